The highest BCUT2D eigenvalue weighted by atomic mass is 16.5. The molecule has 0 radical (unpaired) electrons. The van der Waals surface area contributed by atoms with Crippen LogP contribution >= 0.6 is 0 Å². The van der Waals surface area contributed by atoms with Crippen molar-refractivity contribution in [2.75, 3.05) is 18.6 Å². The quantitative estimate of drug-likeness (QED) is 0.908. The summed E-state index contributed by atoms with van der Waals surface area (Å²) in [6.07, 6.45) is 2.21. The molecule has 1 N–H and O–H groups in total. The molecule has 23 heavy (non-hydrogen) atoms. The molecule has 7 nitrogen and oxygen atoms in total. The number of benzene rings is 1. The maximum absolute atomic E-state index is 12.7. The van der Waals surface area contributed by atoms with Gasteiger partial charge in [-0.2, -0.15) is 0 Å². The molecule has 1 aromatic heterocycles. The number of aliphatic hydroxyl groups is 1. The fraction of sp³-hybridized carbons (Fsp3) is 0.438. The summed E-state index contributed by atoms with van der Waals surface area (Å²) in [5.74, 6) is 0.624. The molecule has 0 aliphatic carbocycles. The van der Waals surface area contributed by atoms with E-state index in [9.17, 15) is 9.90 Å². The molecule has 2 heterocycles. The zero-order valence-corrected chi connectivity index (χ0v) is 13.2. The minimum Gasteiger partial charge on any atom is -0.495 e. The van der Waals surface area contributed by atoms with Crippen molar-refractivity contribution in [2.45, 2.75) is 31.9 Å². The number of aliphatic hydroxyl groups excluding tert-OH is 1. The SMILES string of the molecule is CCC(O)c1cn(C2CCN(c3ccccc3OC)C2=O)nn1. The van der Waals surface area contributed by atoms with Gasteiger partial charge in [0.05, 0.1) is 25.1 Å². The minimum atomic E-state index is -0.648. The molecule has 2 unspecified atom stereocenters. The highest BCUT2D eigenvalue weighted by Crippen LogP contribution is 2.34. The summed E-state index contributed by atoms with van der Waals surface area (Å²) in [7, 11) is 1.59. The number of para-hydroxylation sites is 2. The Hall–Kier alpha value is -2.41. The molecule has 1 saturated heterocycles. The fourth-order valence-electron chi connectivity index (χ4n) is 2.81. The molecular formula is C16H20N4O3. The van der Waals surface area contributed by atoms with Crippen molar-refractivity contribution in [3.05, 3.63) is 36.2 Å². The van der Waals surface area contributed by atoms with E-state index in [1.807, 2.05) is 31.2 Å². The number of nitrogens with zero attached hydrogens (tertiary/aromatic N) is 4. The third-order valence-electron chi connectivity index (χ3n) is 4.13. The van der Waals surface area contributed by atoms with Crippen LogP contribution in [0.5, 0.6) is 5.75 Å². The number of hydrogen-bond acceptors (Lipinski definition) is 5. The lowest BCUT2D eigenvalue weighted by Crippen LogP contribution is -2.28. The van der Waals surface area contributed by atoms with Crippen LogP contribution < -0.4 is 9.64 Å². The van der Waals surface area contributed by atoms with Crippen LogP contribution in [0.1, 0.15) is 37.6 Å². The third kappa shape index (κ3) is 2.79. The van der Waals surface area contributed by atoms with Gasteiger partial charge in [-0.05, 0) is 25.0 Å². The highest BCUT2D eigenvalue weighted by Gasteiger charge is 2.36. The first kappa shape index (κ1) is 15.5. The average molecular weight is 316 g/mol. The molecule has 2 aromatic rings. The molecule has 0 bridgehead atoms. The summed E-state index contributed by atoms with van der Waals surface area (Å²) in [5, 5.41) is 17.8. The average Bonchev–Trinajstić information content (AvgIpc) is 3.20. The van der Waals surface area contributed by atoms with E-state index in [1.165, 1.54) is 0 Å². The highest BCUT2D eigenvalue weighted by molar-refractivity contribution is 5.99. The second-order valence-electron chi connectivity index (χ2n) is 5.51. The van der Waals surface area contributed by atoms with Crippen molar-refractivity contribution in [1.82, 2.24) is 15.0 Å². The van der Waals surface area contributed by atoms with Crippen LogP contribution in [0.25, 0.3) is 0 Å². The maximum atomic E-state index is 12.7. The van der Waals surface area contributed by atoms with E-state index in [0.29, 0.717) is 30.8 Å². The van der Waals surface area contributed by atoms with Crippen LogP contribution in [0.3, 0.4) is 0 Å². The van der Waals surface area contributed by atoms with Gasteiger partial charge in [0.15, 0.2) is 0 Å². The van der Waals surface area contributed by atoms with Crippen molar-refractivity contribution in [3.63, 3.8) is 0 Å². The lowest BCUT2D eigenvalue weighted by atomic mass is 10.2. The fourth-order valence-corrected chi connectivity index (χ4v) is 2.81. The van der Waals surface area contributed by atoms with Gasteiger partial charge in [-0.15, -0.1) is 5.10 Å². The van der Waals surface area contributed by atoms with Crippen LogP contribution in [-0.4, -0.2) is 39.7 Å². The Morgan fingerprint density at radius 1 is 1.43 bits per heavy atom. The third-order valence-corrected chi connectivity index (χ3v) is 4.13. The Labute approximate surface area is 134 Å². The van der Waals surface area contributed by atoms with Gasteiger partial charge in [0.2, 0.25) is 0 Å². The largest absolute Gasteiger partial charge is 0.495 e. The predicted octanol–water partition coefficient (Wildman–Crippen LogP) is 1.71. The van der Waals surface area contributed by atoms with E-state index in [1.54, 1.807) is 22.9 Å². The van der Waals surface area contributed by atoms with Gasteiger partial charge in [0.25, 0.3) is 5.91 Å². The number of amides is 1. The first-order valence-corrected chi connectivity index (χ1v) is 7.70. The standard InChI is InChI=1S/C16H20N4O3/c1-3-14(21)11-10-20(18-17-11)13-8-9-19(16(13)22)12-6-4-5-7-15(12)23-2/h4-7,10,13-14,21H,3,8-9H2,1-2H3. The summed E-state index contributed by atoms with van der Waals surface area (Å²) in [4.78, 5) is 14.5. The number of hydrogen-bond donors (Lipinski definition) is 1. The number of anilines is 1. The van der Waals surface area contributed by atoms with Crippen molar-refractivity contribution >= 4 is 11.6 Å². The van der Waals surface area contributed by atoms with Crippen LogP contribution in [-0.2, 0) is 4.79 Å². The number of carbonyl (C=O) groups excluding carboxylic acids is 1. The smallest absolute Gasteiger partial charge is 0.252 e. The van der Waals surface area contributed by atoms with Gasteiger partial charge in [0, 0.05) is 6.54 Å². The molecular weight excluding hydrogens is 296 g/mol. The first-order chi connectivity index (χ1) is 11.2. The molecule has 1 aliphatic heterocycles. The Kier molecular flexibility index (Phi) is 4.29. The Morgan fingerprint density at radius 2 is 2.22 bits per heavy atom. The van der Waals surface area contributed by atoms with Crippen molar-refractivity contribution in [3.8, 4) is 5.75 Å². The number of rotatable bonds is 5. The van der Waals surface area contributed by atoms with E-state index in [-0.39, 0.29) is 5.91 Å². The van der Waals surface area contributed by atoms with Crippen LogP contribution in [0.15, 0.2) is 30.5 Å². The molecule has 1 amide bonds. The summed E-state index contributed by atoms with van der Waals surface area (Å²) in [6, 6.07) is 7.05. The molecule has 1 aliphatic rings. The zero-order chi connectivity index (χ0) is 16.4. The van der Waals surface area contributed by atoms with Crippen molar-refractivity contribution in [1.29, 1.82) is 0 Å². The maximum Gasteiger partial charge on any atom is 0.252 e. The number of ether oxygens (including phenoxy) is 1. The molecule has 122 valence electrons. The van der Waals surface area contributed by atoms with E-state index in [2.05, 4.69) is 10.3 Å². The van der Waals surface area contributed by atoms with Gasteiger partial charge in [-0.1, -0.05) is 24.3 Å². The minimum absolute atomic E-state index is 0.0445. The second kappa shape index (κ2) is 6.37. The van der Waals surface area contributed by atoms with Gasteiger partial charge in [-0.25, -0.2) is 4.68 Å². The summed E-state index contributed by atoms with van der Waals surface area (Å²) < 4.78 is 6.88. The van der Waals surface area contributed by atoms with Crippen LogP contribution in [0.2, 0.25) is 0 Å². The summed E-state index contributed by atoms with van der Waals surface area (Å²) >= 11 is 0. The van der Waals surface area contributed by atoms with E-state index in [0.717, 1.165) is 5.69 Å². The monoisotopic (exact) mass is 316 g/mol. The van der Waals surface area contributed by atoms with E-state index < -0.39 is 12.1 Å². The van der Waals surface area contributed by atoms with Crippen molar-refractivity contribution in [2.24, 2.45) is 0 Å². The van der Waals surface area contributed by atoms with Crippen LogP contribution in [0, 0.1) is 0 Å². The van der Waals surface area contributed by atoms with Gasteiger partial charge >= 0.3 is 0 Å². The topological polar surface area (TPSA) is 80.5 Å². The molecule has 1 fully saturated rings. The van der Waals surface area contributed by atoms with Gasteiger partial charge in [0.1, 0.15) is 17.5 Å². The van der Waals surface area contributed by atoms with E-state index >= 15 is 0 Å². The molecule has 2 atom stereocenters. The molecule has 1 aromatic carbocycles. The Morgan fingerprint density at radius 3 is 2.96 bits per heavy atom. The molecule has 0 saturated carbocycles. The van der Waals surface area contributed by atoms with Crippen molar-refractivity contribution < 1.29 is 14.6 Å². The molecule has 7 heteroatoms. The van der Waals surface area contributed by atoms with Gasteiger partial charge < -0.3 is 14.7 Å². The first-order valence-electron chi connectivity index (χ1n) is 7.70. The number of carbonyl (C=O) groups is 1. The molecule has 3 rings (SSSR count). The lowest BCUT2D eigenvalue weighted by molar-refractivity contribution is -0.120. The normalized spacial score (nSPS) is 19.2. The summed E-state index contributed by atoms with van der Waals surface area (Å²) in [5.41, 5.74) is 1.26. The van der Waals surface area contributed by atoms with Gasteiger partial charge in [-0.3, -0.25) is 4.79 Å². The predicted molar refractivity (Wildman–Crippen MR) is 84.3 cm³/mol. The summed E-state index contributed by atoms with van der Waals surface area (Å²) in [6.45, 7) is 2.46. The second-order valence-corrected chi connectivity index (χ2v) is 5.51. The number of aromatic nitrogens is 3. The van der Waals surface area contributed by atoms with Crippen LogP contribution in [0.4, 0.5) is 5.69 Å². The lowest BCUT2D eigenvalue weighted by Gasteiger charge is -2.19. The number of methoxy groups -OCH3 is 1. The Bertz CT molecular complexity index is 700. The van der Waals surface area contributed by atoms with E-state index in [4.69, 9.17) is 4.74 Å². The molecule has 0 spiro atoms. The Balaban J connectivity index is 1.83. The zero-order valence-electron chi connectivity index (χ0n) is 13.2.